The molecule has 0 saturated carbocycles. The third kappa shape index (κ3) is 10.8. The Morgan fingerprint density at radius 1 is 0.475 bits per heavy atom. The van der Waals surface area contributed by atoms with Gasteiger partial charge in [0, 0.05) is 0 Å². The van der Waals surface area contributed by atoms with E-state index < -0.39 is 34.7 Å². The first-order valence-corrected chi connectivity index (χ1v) is 14.5. The van der Waals surface area contributed by atoms with Crippen LogP contribution in [0.3, 0.4) is 0 Å². The van der Waals surface area contributed by atoms with Crippen molar-refractivity contribution in [2.24, 2.45) is 10.8 Å². The third-order valence-corrected chi connectivity index (χ3v) is 7.58. The molecule has 0 aromatic carbocycles. The van der Waals surface area contributed by atoms with Crippen LogP contribution in [-0.2, 0) is 38.1 Å². The molecule has 0 amide bonds. The summed E-state index contributed by atoms with van der Waals surface area (Å²) in [6.45, 7) is 0. The second-order valence-corrected chi connectivity index (χ2v) is 10.3. The van der Waals surface area contributed by atoms with E-state index in [1.165, 1.54) is 28.4 Å². The van der Waals surface area contributed by atoms with Gasteiger partial charge in [-0.25, -0.2) is 0 Å². The van der Waals surface area contributed by atoms with E-state index in [2.05, 4.69) is 11.5 Å². The minimum absolute atomic E-state index is 0.183. The summed E-state index contributed by atoms with van der Waals surface area (Å²) in [4.78, 5) is 50.8. The van der Waals surface area contributed by atoms with Gasteiger partial charge in [-0.3, -0.25) is 19.2 Å². The number of carbonyl (C=O) groups excluding carboxylic acids is 4. The van der Waals surface area contributed by atoms with Crippen LogP contribution in [-0.4, -0.2) is 52.3 Å². The van der Waals surface area contributed by atoms with Gasteiger partial charge < -0.3 is 18.9 Å². The van der Waals surface area contributed by atoms with Gasteiger partial charge >= 0.3 is 23.9 Å². The summed E-state index contributed by atoms with van der Waals surface area (Å²) in [5.74, 6) is -2.28. The Morgan fingerprint density at radius 2 is 0.775 bits per heavy atom. The van der Waals surface area contributed by atoms with Gasteiger partial charge in [0.05, 0.1) is 28.4 Å². The van der Waals surface area contributed by atoms with E-state index in [0.717, 1.165) is 64.2 Å². The number of rotatable bonds is 4. The molecule has 0 bridgehead atoms. The minimum Gasteiger partial charge on any atom is -0.468 e. The van der Waals surface area contributed by atoms with Gasteiger partial charge in [-0.2, -0.15) is 0 Å². The topological polar surface area (TPSA) is 105 Å². The van der Waals surface area contributed by atoms with Crippen LogP contribution in [0.25, 0.3) is 0 Å². The number of hydrogen-bond donors (Lipinski definition) is 0. The van der Waals surface area contributed by atoms with Gasteiger partial charge in [0.15, 0.2) is 10.8 Å². The smallest absolute Gasteiger partial charge is 0.323 e. The Kier molecular flexibility index (Phi) is 17.4. The highest BCUT2D eigenvalue weighted by molar-refractivity contribution is 6.00. The average Bonchev–Trinajstić information content (AvgIpc) is 2.98. The lowest BCUT2D eigenvalue weighted by molar-refractivity contribution is -0.171. The van der Waals surface area contributed by atoms with Crippen molar-refractivity contribution in [2.45, 2.75) is 103 Å². The molecule has 0 heterocycles. The maximum Gasteiger partial charge on any atom is 0.323 e. The molecule has 1 aliphatic carbocycles. The molecule has 0 aromatic rings. The predicted molar refractivity (Wildman–Crippen MR) is 152 cm³/mol. The van der Waals surface area contributed by atoms with Gasteiger partial charge in [-0.1, -0.05) is 51.4 Å². The summed E-state index contributed by atoms with van der Waals surface area (Å²) in [5.41, 5.74) is 3.53. The van der Waals surface area contributed by atoms with Crippen LogP contribution in [0.1, 0.15) is 103 Å². The normalized spacial score (nSPS) is 19.5. The quantitative estimate of drug-likeness (QED) is 0.170. The molecule has 0 unspecified atom stereocenters. The largest absolute Gasteiger partial charge is 0.468 e. The van der Waals surface area contributed by atoms with E-state index >= 15 is 0 Å². The number of esters is 4. The Balaban J connectivity index is 3.00. The van der Waals surface area contributed by atoms with Gasteiger partial charge in [0.1, 0.15) is 0 Å². The SMILES string of the molecule is COC(=O)C1(C(=O)OC)CC=C=CCCCCCCCC(C(=O)OC)(C(=O)OC)CC=C=CCCCCCCC1. The first-order valence-electron chi connectivity index (χ1n) is 14.5. The van der Waals surface area contributed by atoms with E-state index in [9.17, 15) is 19.2 Å². The van der Waals surface area contributed by atoms with Crippen LogP contribution in [0, 0.1) is 10.8 Å². The Hall–Kier alpha value is -3.08. The van der Waals surface area contributed by atoms with Crippen molar-refractivity contribution in [3.8, 4) is 0 Å². The molecule has 0 aliphatic heterocycles. The number of allylic oxidation sites excluding steroid dienone is 2. The lowest BCUT2D eigenvalue weighted by atomic mass is 9.79. The van der Waals surface area contributed by atoms with Crippen molar-refractivity contribution in [1.82, 2.24) is 0 Å². The van der Waals surface area contributed by atoms with E-state index in [-0.39, 0.29) is 12.8 Å². The summed E-state index contributed by atoms with van der Waals surface area (Å²) in [6, 6.07) is 0. The van der Waals surface area contributed by atoms with Crippen LogP contribution < -0.4 is 0 Å². The zero-order valence-corrected chi connectivity index (χ0v) is 24.9. The second-order valence-electron chi connectivity index (χ2n) is 10.3. The monoisotopic (exact) mass is 560 g/mol. The fourth-order valence-corrected chi connectivity index (χ4v) is 5.10. The second kappa shape index (κ2) is 19.9. The summed E-state index contributed by atoms with van der Waals surface area (Å²) in [7, 11) is 5.19. The Morgan fingerprint density at radius 3 is 1.10 bits per heavy atom. The van der Waals surface area contributed by atoms with Crippen LogP contribution in [0.4, 0.5) is 0 Å². The van der Waals surface area contributed by atoms with Crippen LogP contribution >= 0.6 is 0 Å². The van der Waals surface area contributed by atoms with Gasteiger partial charge in [0.25, 0.3) is 0 Å². The fourth-order valence-electron chi connectivity index (χ4n) is 5.10. The van der Waals surface area contributed by atoms with Crippen molar-refractivity contribution in [3.63, 3.8) is 0 Å². The van der Waals surface area contributed by atoms with Gasteiger partial charge in [0.2, 0.25) is 0 Å². The molecular weight excluding hydrogens is 512 g/mol. The summed E-state index contributed by atoms with van der Waals surface area (Å²) in [6.07, 6.45) is 18.9. The Labute approximate surface area is 239 Å². The average molecular weight is 561 g/mol. The van der Waals surface area contributed by atoms with Crippen molar-refractivity contribution < 1.29 is 38.1 Å². The zero-order chi connectivity index (χ0) is 29.7. The molecule has 1 aliphatic rings. The number of ether oxygens (including phenoxy) is 4. The number of methoxy groups -OCH3 is 4. The number of carbonyl (C=O) groups is 4. The highest BCUT2D eigenvalue weighted by Crippen LogP contribution is 2.34. The van der Waals surface area contributed by atoms with Gasteiger partial charge in [-0.05, 0) is 75.7 Å². The van der Waals surface area contributed by atoms with E-state index in [4.69, 9.17) is 18.9 Å². The van der Waals surface area contributed by atoms with Crippen molar-refractivity contribution in [1.29, 1.82) is 0 Å². The standard InChI is InChI=1S/C32H48O8/c1-37-27(33)31(28(34)38-2)23-19-15-11-7-5-9-13-17-21-25-32(29(35)39-3,30(36)40-4)26-22-18-14-10-6-8-12-16-20-24-31/h11,14,19,22H,5-10,12-13,16-17,20-21,23-26H2,1-4H3. The lowest BCUT2D eigenvalue weighted by Gasteiger charge is -2.26. The van der Waals surface area contributed by atoms with E-state index in [1.807, 2.05) is 12.2 Å². The van der Waals surface area contributed by atoms with Crippen molar-refractivity contribution >= 4 is 23.9 Å². The van der Waals surface area contributed by atoms with E-state index in [0.29, 0.717) is 25.7 Å². The lowest BCUT2D eigenvalue weighted by Crippen LogP contribution is -2.41. The molecule has 1 rings (SSSR count). The molecule has 8 nitrogen and oxygen atoms in total. The van der Waals surface area contributed by atoms with Crippen LogP contribution in [0.15, 0.2) is 35.8 Å². The summed E-state index contributed by atoms with van der Waals surface area (Å²) >= 11 is 0. The van der Waals surface area contributed by atoms with Gasteiger partial charge in [-0.15, -0.1) is 11.5 Å². The van der Waals surface area contributed by atoms with Crippen molar-refractivity contribution in [3.05, 3.63) is 35.8 Å². The van der Waals surface area contributed by atoms with Crippen LogP contribution in [0.5, 0.6) is 0 Å². The minimum atomic E-state index is -1.35. The molecular formula is C32H48O8. The molecule has 0 spiro atoms. The zero-order valence-electron chi connectivity index (χ0n) is 24.9. The molecule has 8 heteroatoms. The number of hydrogen-bond acceptors (Lipinski definition) is 8. The highest BCUT2D eigenvalue weighted by atomic mass is 16.6. The molecule has 0 saturated heterocycles. The Bertz CT molecular complexity index is 827. The molecule has 0 N–H and O–H groups in total. The maximum absolute atomic E-state index is 12.7. The summed E-state index contributed by atoms with van der Waals surface area (Å²) in [5, 5.41) is 0. The third-order valence-electron chi connectivity index (χ3n) is 7.58. The highest BCUT2D eigenvalue weighted by Gasteiger charge is 2.47. The first-order chi connectivity index (χ1) is 19.3. The molecule has 224 valence electrons. The molecule has 0 fully saturated rings. The molecule has 0 radical (unpaired) electrons. The first kappa shape index (κ1) is 34.9. The van der Waals surface area contributed by atoms with E-state index in [1.54, 1.807) is 12.2 Å². The molecule has 40 heavy (non-hydrogen) atoms. The molecule has 0 atom stereocenters. The van der Waals surface area contributed by atoms with Crippen LogP contribution in [0.2, 0.25) is 0 Å². The fraction of sp³-hybridized carbons (Fsp3) is 0.688. The maximum atomic E-state index is 12.7. The predicted octanol–water partition coefficient (Wildman–Crippen LogP) is 6.33. The van der Waals surface area contributed by atoms with Crippen molar-refractivity contribution in [2.75, 3.05) is 28.4 Å². The molecule has 0 aromatic heterocycles. The summed E-state index contributed by atoms with van der Waals surface area (Å²) < 4.78 is 20.0.